The Labute approximate surface area is 140 Å². The number of aryl methyl sites for hydroxylation is 2. The Morgan fingerprint density at radius 2 is 2.08 bits per heavy atom. The molecule has 4 heteroatoms. The van der Waals surface area contributed by atoms with Gasteiger partial charge in [-0.25, -0.2) is 0 Å². The highest BCUT2D eigenvalue weighted by atomic mass is 16.3. The minimum atomic E-state index is -0.154. The highest BCUT2D eigenvalue weighted by molar-refractivity contribution is 5.99. The quantitative estimate of drug-likeness (QED) is 0.698. The molecule has 122 valence electrons. The van der Waals surface area contributed by atoms with E-state index in [-0.39, 0.29) is 11.9 Å². The number of anilines is 1. The predicted molar refractivity (Wildman–Crippen MR) is 95.0 cm³/mol. The van der Waals surface area contributed by atoms with Crippen LogP contribution in [0.15, 0.2) is 46.9 Å². The van der Waals surface area contributed by atoms with Crippen molar-refractivity contribution in [3.63, 3.8) is 0 Å². The molecule has 4 nitrogen and oxygen atoms in total. The number of carbonyl (C=O) groups excluding carboxylic acids is 1. The molecule has 0 bridgehead atoms. The third-order valence-electron chi connectivity index (χ3n) is 4.84. The third-order valence-corrected chi connectivity index (χ3v) is 4.84. The van der Waals surface area contributed by atoms with Crippen molar-refractivity contribution in [1.29, 1.82) is 0 Å². The molecule has 0 saturated carbocycles. The van der Waals surface area contributed by atoms with Crippen molar-refractivity contribution in [2.45, 2.75) is 32.2 Å². The summed E-state index contributed by atoms with van der Waals surface area (Å²) in [7, 11) is 0. The smallest absolute Gasteiger partial charge is 0.287 e. The van der Waals surface area contributed by atoms with Crippen molar-refractivity contribution < 1.29 is 9.21 Å². The standard InChI is InChI=1S/C20H20N2O2/c1-12-15-6-2-3-8-18(15)24-19(12)20(23)22-17-7-4-5-13-11-14(21)9-10-16(13)17/h2-3,6,8-11,17H,4-5,7,21H2,1H3,(H,22,23). The van der Waals surface area contributed by atoms with Gasteiger partial charge in [-0.05, 0) is 55.5 Å². The second kappa shape index (κ2) is 5.71. The Bertz CT molecular complexity index is 927. The van der Waals surface area contributed by atoms with Gasteiger partial charge in [0.2, 0.25) is 0 Å². The van der Waals surface area contributed by atoms with Crippen LogP contribution in [0.25, 0.3) is 11.0 Å². The van der Waals surface area contributed by atoms with E-state index >= 15 is 0 Å². The summed E-state index contributed by atoms with van der Waals surface area (Å²) in [5, 5.41) is 4.12. The zero-order valence-corrected chi connectivity index (χ0v) is 13.6. The van der Waals surface area contributed by atoms with Crippen LogP contribution in [0.3, 0.4) is 0 Å². The molecule has 1 amide bonds. The van der Waals surface area contributed by atoms with Gasteiger partial charge in [0.25, 0.3) is 5.91 Å². The fourth-order valence-corrected chi connectivity index (χ4v) is 3.60. The van der Waals surface area contributed by atoms with E-state index in [2.05, 4.69) is 5.32 Å². The highest BCUT2D eigenvalue weighted by Gasteiger charge is 2.25. The SMILES string of the molecule is Cc1c(C(=O)NC2CCCc3cc(N)ccc32)oc2ccccc12. The number of fused-ring (bicyclic) bond motifs is 2. The summed E-state index contributed by atoms with van der Waals surface area (Å²) in [5.74, 6) is 0.247. The van der Waals surface area contributed by atoms with Gasteiger partial charge in [-0.1, -0.05) is 24.3 Å². The summed E-state index contributed by atoms with van der Waals surface area (Å²) in [4.78, 5) is 12.8. The van der Waals surface area contributed by atoms with E-state index in [0.717, 1.165) is 47.0 Å². The molecule has 1 aliphatic carbocycles. The van der Waals surface area contributed by atoms with Crippen molar-refractivity contribution in [2.24, 2.45) is 0 Å². The summed E-state index contributed by atoms with van der Waals surface area (Å²) >= 11 is 0. The van der Waals surface area contributed by atoms with Crippen LogP contribution >= 0.6 is 0 Å². The van der Waals surface area contributed by atoms with Crippen LogP contribution in [0.5, 0.6) is 0 Å². The van der Waals surface area contributed by atoms with Crippen LogP contribution in [0.4, 0.5) is 5.69 Å². The Morgan fingerprint density at radius 1 is 1.25 bits per heavy atom. The van der Waals surface area contributed by atoms with E-state index in [4.69, 9.17) is 10.2 Å². The summed E-state index contributed by atoms with van der Waals surface area (Å²) in [5.41, 5.74) is 10.7. The number of nitrogens with one attached hydrogen (secondary N) is 1. The van der Waals surface area contributed by atoms with Crippen LogP contribution in [0.1, 0.15) is 46.1 Å². The molecule has 24 heavy (non-hydrogen) atoms. The lowest BCUT2D eigenvalue weighted by atomic mass is 9.87. The number of hydrogen-bond acceptors (Lipinski definition) is 3. The number of rotatable bonds is 2. The van der Waals surface area contributed by atoms with Crippen molar-refractivity contribution >= 4 is 22.6 Å². The Kier molecular flexibility index (Phi) is 3.53. The molecule has 0 spiro atoms. The molecule has 2 aromatic carbocycles. The highest BCUT2D eigenvalue weighted by Crippen LogP contribution is 2.32. The zero-order chi connectivity index (χ0) is 16.7. The molecule has 3 N–H and O–H groups in total. The summed E-state index contributed by atoms with van der Waals surface area (Å²) < 4.78 is 5.78. The van der Waals surface area contributed by atoms with Crippen molar-refractivity contribution in [3.05, 3.63) is 64.9 Å². The molecule has 0 aliphatic heterocycles. The first kappa shape index (κ1) is 14.8. The Balaban J connectivity index is 1.64. The van der Waals surface area contributed by atoms with Gasteiger partial charge in [0.05, 0.1) is 6.04 Å². The molecule has 1 unspecified atom stereocenters. The van der Waals surface area contributed by atoms with E-state index in [9.17, 15) is 4.79 Å². The molecule has 0 saturated heterocycles. The van der Waals surface area contributed by atoms with Gasteiger partial charge in [0, 0.05) is 16.6 Å². The molecule has 1 heterocycles. The Morgan fingerprint density at radius 3 is 2.92 bits per heavy atom. The number of hydrogen-bond donors (Lipinski definition) is 2. The van der Waals surface area contributed by atoms with Crippen LogP contribution in [-0.2, 0) is 6.42 Å². The minimum Gasteiger partial charge on any atom is -0.451 e. The lowest BCUT2D eigenvalue weighted by Gasteiger charge is -2.26. The molecular weight excluding hydrogens is 300 g/mol. The maximum absolute atomic E-state index is 12.8. The van der Waals surface area contributed by atoms with Crippen molar-refractivity contribution in [3.8, 4) is 0 Å². The number of nitrogens with two attached hydrogens (primary N) is 1. The molecule has 0 radical (unpaired) electrons. The maximum Gasteiger partial charge on any atom is 0.287 e. The average Bonchev–Trinajstić information content (AvgIpc) is 2.92. The van der Waals surface area contributed by atoms with Gasteiger partial charge in [-0.2, -0.15) is 0 Å². The first-order chi connectivity index (χ1) is 11.6. The number of benzene rings is 2. The lowest BCUT2D eigenvalue weighted by Crippen LogP contribution is -2.31. The van der Waals surface area contributed by atoms with Gasteiger partial charge in [0.1, 0.15) is 5.58 Å². The first-order valence-corrected chi connectivity index (χ1v) is 8.31. The fraction of sp³-hybridized carbons (Fsp3) is 0.250. The zero-order valence-electron chi connectivity index (χ0n) is 13.6. The number of carbonyl (C=O) groups is 1. The van der Waals surface area contributed by atoms with Crippen LogP contribution in [0.2, 0.25) is 0 Å². The monoisotopic (exact) mass is 320 g/mol. The molecule has 0 fully saturated rings. The second-order valence-electron chi connectivity index (χ2n) is 6.43. The molecule has 1 atom stereocenters. The van der Waals surface area contributed by atoms with E-state index in [1.165, 1.54) is 5.56 Å². The summed E-state index contributed by atoms with van der Waals surface area (Å²) in [6.45, 7) is 1.93. The Hall–Kier alpha value is -2.75. The predicted octanol–water partition coefficient (Wildman–Crippen LogP) is 4.13. The van der Waals surface area contributed by atoms with Crippen LogP contribution < -0.4 is 11.1 Å². The van der Waals surface area contributed by atoms with Crippen LogP contribution in [0, 0.1) is 6.92 Å². The largest absolute Gasteiger partial charge is 0.451 e. The molecule has 4 rings (SSSR count). The third kappa shape index (κ3) is 2.44. The van der Waals surface area contributed by atoms with Crippen molar-refractivity contribution in [2.75, 3.05) is 5.73 Å². The minimum absolute atomic E-state index is 0.00876. The van der Waals surface area contributed by atoms with Gasteiger partial charge in [-0.3, -0.25) is 4.79 Å². The number of para-hydroxylation sites is 1. The summed E-state index contributed by atoms with van der Waals surface area (Å²) in [6, 6.07) is 13.7. The second-order valence-corrected chi connectivity index (χ2v) is 6.43. The van der Waals surface area contributed by atoms with E-state index in [1.54, 1.807) is 0 Å². The van der Waals surface area contributed by atoms with Gasteiger partial charge in [-0.15, -0.1) is 0 Å². The molecule has 1 aromatic heterocycles. The van der Waals surface area contributed by atoms with E-state index < -0.39 is 0 Å². The van der Waals surface area contributed by atoms with Gasteiger partial charge in [0.15, 0.2) is 5.76 Å². The number of nitrogen functional groups attached to an aromatic ring is 1. The molecule has 3 aromatic rings. The number of furan rings is 1. The lowest BCUT2D eigenvalue weighted by molar-refractivity contribution is 0.0906. The molecule has 1 aliphatic rings. The average molecular weight is 320 g/mol. The van der Waals surface area contributed by atoms with Crippen LogP contribution in [-0.4, -0.2) is 5.91 Å². The van der Waals surface area contributed by atoms with E-state index in [0.29, 0.717) is 5.76 Å². The topological polar surface area (TPSA) is 68.3 Å². The fourth-order valence-electron chi connectivity index (χ4n) is 3.60. The van der Waals surface area contributed by atoms with Gasteiger partial charge < -0.3 is 15.5 Å². The maximum atomic E-state index is 12.8. The summed E-state index contributed by atoms with van der Waals surface area (Å²) in [6.07, 6.45) is 2.98. The molecular formula is C20H20N2O2. The number of amides is 1. The van der Waals surface area contributed by atoms with Crippen molar-refractivity contribution in [1.82, 2.24) is 5.32 Å². The van der Waals surface area contributed by atoms with E-state index in [1.807, 2.05) is 49.4 Å². The normalized spacial score (nSPS) is 16.8. The first-order valence-electron chi connectivity index (χ1n) is 8.31. The van der Waals surface area contributed by atoms with Gasteiger partial charge >= 0.3 is 0 Å².